The zero-order chi connectivity index (χ0) is 14.7. The number of rotatable bonds is 9. The summed E-state index contributed by atoms with van der Waals surface area (Å²) in [5, 5.41) is 0. The molecule has 0 saturated carbocycles. The summed E-state index contributed by atoms with van der Waals surface area (Å²) in [5.74, 6) is -0.747. The molecule has 0 N–H and O–H groups in total. The van der Waals surface area contributed by atoms with E-state index < -0.39 is 24.7 Å². The van der Waals surface area contributed by atoms with Gasteiger partial charge >= 0.3 is 12.1 Å². The normalized spacial score (nSPS) is 13.2. The Hall–Kier alpha value is -1.60. The van der Waals surface area contributed by atoms with Gasteiger partial charge in [-0.2, -0.15) is 4.89 Å². The molecule has 7 heteroatoms. The van der Waals surface area contributed by atoms with Crippen molar-refractivity contribution in [2.45, 2.75) is 46.2 Å². The van der Waals surface area contributed by atoms with Gasteiger partial charge in [-0.3, -0.25) is 4.89 Å². The van der Waals surface area contributed by atoms with Crippen molar-refractivity contribution in [3.8, 4) is 0 Å². The summed E-state index contributed by atoms with van der Waals surface area (Å²) >= 11 is 0. The van der Waals surface area contributed by atoms with Crippen LogP contribution in [-0.4, -0.2) is 31.3 Å². The molecule has 0 heterocycles. The molecule has 0 spiro atoms. The number of unbranched alkanes of at least 4 members (excludes halogenated alkanes) is 1. The minimum absolute atomic E-state index is 0.297. The lowest BCUT2D eigenvalue weighted by Crippen LogP contribution is -2.26. The molecule has 0 aromatic heterocycles. The van der Waals surface area contributed by atoms with Crippen molar-refractivity contribution in [3.05, 3.63) is 12.7 Å². The highest BCUT2D eigenvalue weighted by Crippen LogP contribution is 2.04. The molecule has 110 valence electrons. The van der Waals surface area contributed by atoms with Crippen LogP contribution in [0.1, 0.15) is 33.6 Å². The molecular weight excluding hydrogens is 256 g/mol. The second-order valence-corrected chi connectivity index (χ2v) is 3.54. The Morgan fingerprint density at radius 1 is 1.26 bits per heavy atom. The lowest BCUT2D eigenvalue weighted by Gasteiger charge is -2.17. The van der Waals surface area contributed by atoms with Crippen LogP contribution in [0.3, 0.4) is 0 Å². The molecule has 0 radical (unpaired) electrons. The highest BCUT2D eigenvalue weighted by Gasteiger charge is 2.16. The van der Waals surface area contributed by atoms with Gasteiger partial charge in [0.25, 0.3) is 0 Å². The summed E-state index contributed by atoms with van der Waals surface area (Å²) < 4.78 is 14.6. The molecule has 0 aliphatic heterocycles. The van der Waals surface area contributed by atoms with Crippen LogP contribution in [0.25, 0.3) is 0 Å². The first-order chi connectivity index (χ1) is 8.99. The molecule has 0 saturated heterocycles. The van der Waals surface area contributed by atoms with E-state index in [2.05, 4.69) is 16.4 Å². The number of hydrogen-bond acceptors (Lipinski definition) is 7. The van der Waals surface area contributed by atoms with E-state index >= 15 is 0 Å². The molecule has 0 rings (SSSR count). The van der Waals surface area contributed by atoms with Crippen molar-refractivity contribution in [1.29, 1.82) is 0 Å². The highest BCUT2D eigenvalue weighted by atomic mass is 17.2. The first-order valence-electron chi connectivity index (χ1n) is 5.98. The minimum Gasteiger partial charge on any atom is -0.434 e. The van der Waals surface area contributed by atoms with E-state index in [1.54, 1.807) is 0 Å². The molecule has 0 aliphatic rings. The maximum absolute atomic E-state index is 11.2. The van der Waals surface area contributed by atoms with Gasteiger partial charge in [-0.1, -0.05) is 19.9 Å². The maximum atomic E-state index is 11.2. The summed E-state index contributed by atoms with van der Waals surface area (Å²) in [5.41, 5.74) is 0. The third-order valence-electron chi connectivity index (χ3n) is 1.80. The number of carbonyl (C=O) groups excluding carboxylic acids is 2. The van der Waals surface area contributed by atoms with E-state index in [-0.39, 0.29) is 0 Å². The molecule has 2 atom stereocenters. The Bertz CT molecular complexity index is 290. The Morgan fingerprint density at radius 2 is 1.95 bits per heavy atom. The monoisotopic (exact) mass is 276 g/mol. The van der Waals surface area contributed by atoms with E-state index in [4.69, 9.17) is 14.2 Å². The second kappa shape index (κ2) is 10.3. The van der Waals surface area contributed by atoms with Crippen molar-refractivity contribution in [1.82, 2.24) is 0 Å². The molecule has 2 unspecified atom stereocenters. The van der Waals surface area contributed by atoms with E-state index in [9.17, 15) is 9.59 Å². The molecule has 7 nitrogen and oxygen atoms in total. The fourth-order valence-electron chi connectivity index (χ4n) is 0.939. The van der Waals surface area contributed by atoms with E-state index in [0.29, 0.717) is 6.61 Å². The highest BCUT2D eigenvalue weighted by molar-refractivity contribution is 5.80. The van der Waals surface area contributed by atoms with Crippen LogP contribution in [0.4, 0.5) is 4.79 Å². The Labute approximate surface area is 112 Å². The Kier molecular flexibility index (Phi) is 9.46. The number of carbonyl (C=O) groups is 2. The van der Waals surface area contributed by atoms with E-state index in [1.807, 2.05) is 6.92 Å². The smallest absolute Gasteiger partial charge is 0.434 e. The fourth-order valence-corrected chi connectivity index (χ4v) is 0.939. The standard InChI is InChI=1S/C12H20O7/c1-5-7-8-15-12(14)17-9(3)16-10(4)18-19-11(13)6-2/h6,9-10H,2,5,7-8H2,1,3-4H3. The van der Waals surface area contributed by atoms with Gasteiger partial charge in [0.15, 0.2) is 0 Å². The van der Waals surface area contributed by atoms with E-state index in [0.717, 1.165) is 18.9 Å². The van der Waals surface area contributed by atoms with Crippen molar-refractivity contribution >= 4 is 12.1 Å². The SMILES string of the molecule is C=CC(=O)OOC(C)OC(C)OC(=O)OCCCC. The molecule has 0 aliphatic carbocycles. The Balaban J connectivity index is 3.76. The van der Waals surface area contributed by atoms with Gasteiger partial charge in [0, 0.05) is 6.08 Å². The predicted octanol–water partition coefficient (Wildman–Crippen LogP) is 2.31. The van der Waals surface area contributed by atoms with Crippen molar-refractivity contribution < 1.29 is 33.6 Å². The molecule has 0 fully saturated rings. The average molecular weight is 276 g/mol. The third kappa shape index (κ3) is 10.0. The van der Waals surface area contributed by atoms with Crippen LogP contribution in [0.2, 0.25) is 0 Å². The molecule has 0 aromatic rings. The van der Waals surface area contributed by atoms with Crippen molar-refractivity contribution in [2.75, 3.05) is 6.61 Å². The van der Waals surface area contributed by atoms with Crippen LogP contribution in [0.15, 0.2) is 12.7 Å². The van der Waals surface area contributed by atoms with Crippen LogP contribution >= 0.6 is 0 Å². The van der Waals surface area contributed by atoms with Gasteiger partial charge in [-0.25, -0.2) is 9.59 Å². The fraction of sp³-hybridized carbons (Fsp3) is 0.667. The van der Waals surface area contributed by atoms with Crippen LogP contribution in [0, 0.1) is 0 Å². The van der Waals surface area contributed by atoms with Crippen molar-refractivity contribution in [3.63, 3.8) is 0 Å². The van der Waals surface area contributed by atoms with Gasteiger partial charge in [0.2, 0.25) is 12.6 Å². The van der Waals surface area contributed by atoms with Gasteiger partial charge in [0.1, 0.15) is 0 Å². The lowest BCUT2D eigenvalue weighted by molar-refractivity contribution is -0.363. The molecular formula is C12H20O7. The molecule has 0 bridgehead atoms. The van der Waals surface area contributed by atoms with Crippen LogP contribution in [0.5, 0.6) is 0 Å². The predicted molar refractivity (Wildman–Crippen MR) is 64.7 cm³/mol. The van der Waals surface area contributed by atoms with Gasteiger partial charge < -0.3 is 14.2 Å². The maximum Gasteiger partial charge on any atom is 0.510 e. The first kappa shape index (κ1) is 17.4. The van der Waals surface area contributed by atoms with E-state index in [1.165, 1.54) is 13.8 Å². The summed E-state index contributed by atoms with van der Waals surface area (Å²) in [6.07, 6.45) is 0.00275. The topological polar surface area (TPSA) is 80.3 Å². The number of ether oxygens (including phenoxy) is 3. The quantitative estimate of drug-likeness (QED) is 0.160. The molecule has 0 aromatic carbocycles. The second-order valence-electron chi connectivity index (χ2n) is 3.54. The minimum atomic E-state index is -0.901. The number of hydrogen-bond donors (Lipinski definition) is 0. The van der Waals surface area contributed by atoms with Gasteiger partial charge in [-0.05, 0) is 20.3 Å². The van der Waals surface area contributed by atoms with Gasteiger partial charge in [0.05, 0.1) is 6.61 Å². The van der Waals surface area contributed by atoms with Crippen LogP contribution in [-0.2, 0) is 28.8 Å². The molecule has 0 amide bonds. The van der Waals surface area contributed by atoms with Gasteiger partial charge in [-0.15, -0.1) is 0 Å². The van der Waals surface area contributed by atoms with Crippen molar-refractivity contribution in [2.24, 2.45) is 0 Å². The average Bonchev–Trinajstić information content (AvgIpc) is 2.35. The van der Waals surface area contributed by atoms with Crippen LogP contribution < -0.4 is 0 Å². The third-order valence-corrected chi connectivity index (χ3v) is 1.80. The zero-order valence-electron chi connectivity index (χ0n) is 11.4. The summed E-state index contributed by atoms with van der Waals surface area (Å²) in [6.45, 7) is 8.42. The Morgan fingerprint density at radius 3 is 2.53 bits per heavy atom. The summed E-state index contributed by atoms with van der Waals surface area (Å²) in [6, 6.07) is 0. The summed E-state index contributed by atoms with van der Waals surface area (Å²) in [4.78, 5) is 30.7. The first-order valence-corrected chi connectivity index (χ1v) is 5.98. The largest absolute Gasteiger partial charge is 0.510 e. The lowest BCUT2D eigenvalue weighted by atomic mass is 10.4. The molecule has 19 heavy (non-hydrogen) atoms. The zero-order valence-corrected chi connectivity index (χ0v) is 11.4. The summed E-state index contributed by atoms with van der Waals surface area (Å²) in [7, 11) is 0.